The summed E-state index contributed by atoms with van der Waals surface area (Å²) in [6.07, 6.45) is 5.61. The highest BCUT2D eigenvalue weighted by atomic mass is 16.5. The summed E-state index contributed by atoms with van der Waals surface area (Å²) in [7, 11) is 0. The second-order valence-electron chi connectivity index (χ2n) is 5.09. The molecule has 25 heavy (non-hydrogen) atoms. The summed E-state index contributed by atoms with van der Waals surface area (Å²) >= 11 is 0. The molecule has 10 heteroatoms. The van der Waals surface area contributed by atoms with Crippen LogP contribution in [0, 0.1) is 0 Å². The van der Waals surface area contributed by atoms with Gasteiger partial charge in [0.25, 0.3) is 6.33 Å². The fraction of sp³-hybridized carbons (Fsp3) is 0.400. The first-order chi connectivity index (χ1) is 12.1. The topological polar surface area (TPSA) is 124 Å². The van der Waals surface area contributed by atoms with Crippen LogP contribution < -0.4 is 10.1 Å². The van der Waals surface area contributed by atoms with Crippen LogP contribution in [-0.4, -0.2) is 43.7 Å². The number of aliphatic hydroxyl groups excluding tert-OH is 2. The number of nitrogens with zero attached hydrogens (tertiary/aromatic N) is 7. The molecular weight excluding hydrogens is 326 g/mol. The van der Waals surface area contributed by atoms with Crippen molar-refractivity contribution in [1.29, 1.82) is 0 Å². The van der Waals surface area contributed by atoms with Crippen molar-refractivity contribution >= 4 is 5.84 Å². The summed E-state index contributed by atoms with van der Waals surface area (Å²) in [6.45, 7) is 2.32. The molecule has 0 spiro atoms. The van der Waals surface area contributed by atoms with Gasteiger partial charge in [0, 0.05) is 19.2 Å². The summed E-state index contributed by atoms with van der Waals surface area (Å²) in [5.74, 6) is 0.413. The molecule has 0 aromatic carbocycles. The van der Waals surface area contributed by atoms with Gasteiger partial charge in [-0.3, -0.25) is 0 Å². The summed E-state index contributed by atoms with van der Waals surface area (Å²) in [5, 5.41) is 44.3. The SMILES string of the molecule is CCC(N=NCC(O)[n+]1ccn(O)c1)=NN=c1ccccn1CCO. The molecule has 2 rings (SSSR count). The van der Waals surface area contributed by atoms with Gasteiger partial charge in [0.05, 0.1) is 6.61 Å². The molecule has 2 aromatic heterocycles. The summed E-state index contributed by atoms with van der Waals surface area (Å²) in [6, 6.07) is 5.46. The zero-order chi connectivity index (χ0) is 18.1. The number of pyridine rings is 1. The molecule has 0 saturated heterocycles. The van der Waals surface area contributed by atoms with Crippen molar-refractivity contribution < 1.29 is 20.0 Å². The van der Waals surface area contributed by atoms with Gasteiger partial charge in [-0.05, 0) is 12.1 Å². The van der Waals surface area contributed by atoms with Crippen molar-refractivity contribution in [3.05, 3.63) is 48.6 Å². The van der Waals surface area contributed by atoms with Crippen LogP contribution in [0.25, 0.3) is 0 Å². The Morgan fingerprint density at radius 1 is 1.32 bits per heavy atom. The van der Waals surface area contributed by atoms with Crippen molar-refractivity contribution in [3.8, 4) is 0 Å². The fourth-order valence-electron chi connectivity index (χ4n) is 1.95. The van der Waals surface area contributed by atoms with Crippen molar-refractivity contribution in [3.63, 3.8) is 0 Å². The largest absolute Gasteiger partial charge is 0.395 e. The van der Waals surface area contributed by atoms with Gasteiger partial charge >= 0.3 is 0 Å². The molecule has 0 radical (unpaired) electrons. The number of hydrogen-bond donors (Lipinski definition) is 3. The number of aliphatic hydroxyl groups is 2. The van der Waals surface area contributed by atoms with E-state index in [2.05, 4.69) is 20.4 Å². The lowest BCUT2D eigenvalue weighted by Crippen LogP contribution is -2.39. The third-order valence-electron chi connectivity index (χ3n) is 3.26. The Hall–Kier alpha value is -2.85. The molecule has 0 saturated carbocycles. The van der Waals surface area contributed by atoms with Crippen LogP contribution in [0.2, 0.25) is 0 Å². The van der Waals surface area contributed by atoms with Crippen molar-refractivity contribution in [1.82, 2.24) is 9.30 Å². The van der Waals surface area contributed by atoms with E-state index >= 15 is 0 Å². The molecule has 0 aliphatic carbocycles. The zero-order valence-electron chi connectivity index (χ0n) is 13.9. The first kappa shape index (κ1) is 18.5. The molecule has 2 heterocycles. The minimum absolute atomic E-state index is 0.00633. The number of rotatable bonds is 7. The minimum atomic E-state index is -0.937. The van der Waals surface area contributed by atoms with E-state index in [1.54, 1.807) is 16.8 Å². The molecule has 3 N–H and O–H groups in total. The maximum atomic E-state index is 9.92. The molecule has 0 aliphatic rings. The Kier molecular flexibility index (Phi) is 6.99. The fourth-order valence-corrected chi connectivity index (χ4v) is 1.95. The van der Waals surface area contributed by atoms with E-state index in [9.17, 15) is 10.3 Å². The smallest absolute Gasteiger partial charge is 0.286 e. The molecule has 0 fully saturated rings. The Morgan fingerprint density at radius 3 is 2.84 bits per heavy atom. The second kappa shape index (κ2) is 9.45. The Labute approximate surface area is 144 Å². The quantitative estimate of drug-likeness (QED) is 0.164. The first-order valence-corrected chi connectivity index (χ1v) is 7.84. The van der Waals surface area contributed by atoms with Crippen LogP contribution in [-0.2, 0) is 6.54 Å². The van der Waals surface area contributed by atoms with Crippen LogP contribution in [0.1, 0.15) is 19.6 Å². The molecule has 0 aliphatic heterocycles. The monoisotopic (exact) mass is 348 g/mol. The van der Waals surface area contributed by atoms with Crippen LogP contribution in [0.3, 0.4) is 0 Å². The lowest BCUT2D eigenvalue weighted by molar-refractivity contribution is -0.757. The highest BCUT2D eigenvalue weighted by Crippen LogP contribution is 1.96. The second-order valence-corrected chi connectivity index (χ2v) is 5.09. The standard InChI is InChI=1S/C15H22N7O3/c1-2-13(17-16-11-15(24)21-7-8-22(25)12-21)18-19-14-5-3-4-6-20(14)9-10-23/h3-8,12,15,23-25H,2,9-11H2,1H3/q+1. The number of imidazole rings is 1. The van der Waals surface area contributed by atoms with Crippen LogP contribution in [0.4, 0.5) is 0 Å². The maximum absolute atomic E-state index is 9.92. The molecule has 10 nitrogen and oxygen atoms in total. The van der Waals surface area contributed by atoms with Gasteiger partial charge in [-0.25, -0.2) is 4.57 Å². The summed E-state index contributed by atoms with van der Waals surface area (Å²) in [4.78, 5) is 0. The van der Waals surface area contributed by atoms with Gasteiger partial charge in [-0.2, -0.15) is 5.11 Å². The van der Waals surface area contributed by atoms with E-state index in [1.165, 1.54) is 23.3 Å². The average Bonchev–Trinajstić information content (AvgIpc) is 3.05. The average molecular weight is 348 g/mol. The van der Waals surface area contributed by atoms with E-state index in [-0.39, 0.29) is 13.2 Å². The Balaban J connectivity index is 2.06. The van der Waals surface area contributed by atoms with Gasteiger partial charge in [0.15, 0.2) is 17.5 Å². The maximum Gasteiger partial charge on any atom is 0.286 e. The molecule has 134 valence electrons. The van der Waals surface area contributed by atoms with Gasteiger partial charge in [0.2, 0.25) is 6.23 Å². The first-order valence-electron chi connectivity index (χ1n) is 7.84. The Morgan fingerprint density at radius 2 is 2.16 bits per heavy atom. The van der Waals surface area contributed by atoms with Crippen molar-refractivity contribution in [2.45, 2.75) is 26.1 Å². The van der Waals surface area contributed by atoms with E-state index in [4.69, 9.17) is 5.11 Å². The molecule has 1 unspecified atom stereocenters. The molecule has 0 bridgehead atoms. The van der Waals surface area contributed by atoms with E-state index in [0.29, 0.717) is 24.3 Å². The highest BCUT2D eigenvalue weighted by Gasteiger charge is 2.12. The van der Waals surface area contributed by atoms with Gasteiger partial charge in [0.1, 0.15) is 12.7 Å². The summed E-state index contributed by atoms with van der Waals surface area (Å²) < 4.78 is 4.00. The molecule has 0 amide bonds. The number of hydrogen-bond acceptors (Lipinski definition) is 6. The predicted molar refractivity (Wildman–Crippen MR) is 87.6 cm³/mol. The zero-order valence-corrected chi connectivity index (χ0v) is 13.9. The third-order valence-corrected chi connectivity index (χ3v) is 3.26. The van der Waals surface area contributed by atoms with E-state index < -0.39 is 6.23 Å². The lowest BCUT2D eigenvalue weighted by atomic mass is 10.4. The number of aromatic nitrogens is 3. The predicted octanol–water partition coefficient (Wildman–Crippen LogP) is 0.0742. The highest BCUT2D eigenvalue weighted by molar-refractivity contribution is 5.81. The van der Waals surface area contributed by atoms with Crippen molar-refractivity contribution in [2.75, 3.05) is 13.2 Å². The minimum Gasteiger partial charge on any atom is -0.395 e. The molecule has 2 aromatic rings. The van der Waals surface area contributed by atoms with Crippen molar-refractivity contribution in [2.24, 2.45) is 20.4 Å². The van der Waals surface area contributed by atoms with Crippen LogP contribution in [0.5, 0.6) is 0 Å². The third kappa shape index (κ3) is 5.62. The molecule has 1 atom stereocenters. The van der Waals surface area contributed by atoms with Gasteiger partial charge in [-0.15, -0.1) is 15.3 Å². The van der Waals surface area contributed by atoms with Crippen LogP contribution >= 0.6 is 0 Å². The number of azo groups is 1. The van der Waals surface area contributed by atoms with Crippen LogP contribution in [0.15, 0.2) is 63.5 Å². The van der Waals surface area contributed by atoms with E-state index in [1.807, 2.05) is 19.1 Å². The Bertz CT molecular complexity index is 794. The normalized spacial score (nSPS) is 14.4. The molecular formula is C15H22N7O3+. The van der Waals surface area contributed by atoms with Gasteiger partial charge in [-0.1, -0.05) is 17.7 Å². The number of amidine groups is 1. The lowest BCUT2D eigenvalue weighted by Gasteiger charge is -2.03. The van der Waals surface area contributed by atoms with E-state index in [0.717, 1.165) is 4.73 Å². The van der Waals surface area contributed by atoms with Gasteiger partial charge < -0.3 is 20.0 Å². The summed E-state index contributed by atoms with van der Waals surface area (Å²) in [5.41, 5.74) is 0.595.